The van der Waals surface area contributed by atoms with Crippen molar-refractivity contribution >= 4 is 51.2 Å². The van der Waals surface area contributed by atoms with Crippen molar-refractivity contribution in [2.24, 2.45) is 0 Å². The molecule has 0 saturated carbocycles. The van der Waals surface area contributed by atoms with Crippen molar-refractivity contribution in [1.82, 2.24) is 0 Å². The van der Waals surface area contributed by atoms with Crippen LogP contribution in [0.15, 0.2) is 346 Å². The second kappa shape index (κ2) is 23.1. The third-order valence-electron chi connectivity index (χ3n) is 14.8. The Hall–Kier alpha value is -10.7. The zero-order chi connectivity index (χ0) is 56.8. The van der Waals surface area contributed by atoms with Crippen LogP contribution in [0.4, 0.5) is 51.2 Å². The van der Waals surface area contributed by atoms with E-state index in [4.69, 9.17) is 4.11 Å². The molecule has 0 unspecified atom stereocenters. The molecule has 13 rings (SSSR count). The highest BCUT2D eigenvalue weighted by Gasteiger charge is 2.19. The Bertz CT molecular complexity index is 3940. The zero-order valence-electron chi connectivity index (χ0n) is 47.5. The van der Waals surface area contributed by atoms with Crippen molar-refractivity contribution in [3.63, 3.8) is 0 Å². The van der Waals surface area contributed by atoms with Gasteiger partial charge >= 0.3 is 0 Å². The molecular formula is C78H57N3. The molecule has 0 aliphatic rings. The molecule has 3 nitrogen and oxygen atoms in total. The van der Waals surface area contributed by atoms with Crippen molar-refractivity contribution in [1.29, 1.82) is 0 Å². The summed E-state index contributed by atoms with van der Waals surface area (Å²) in [5, 5.41) is 0. The highest BCUT2D eigenvalue weighted by atomic mass is 15.2. The summed E-state index contributed by atoms with van der Waals surface area (Å²) in [5.74, 6) is 0. The summed E-state index contributed by atoms with van der Waals surface area (Å²) < 4.78 is 26.2. The smallest absolute Gasteiger partial charge is 0.0623 e. The van der Waals surface area contributed by atoms with Gasteiger partial charge in [-0.25, -0.2) is 0 Å². The maximum atomic E-state index is 8.72. The van der Waals surface area contributed by atoms with E-state index in [-0.39, 0.29) is 0 Å². The Labute approximate surface area is 480 Å². The van der Waals surface area contributed by atoms with Crippen LogP contribution < -0.4 is 14.7 Å². The van der Waals surface area contributed by atoms with Gasteiger partial charge in [0.25, 0.3) is 0 Å². The lowest BCUT2D eigenvalue weighted by Crippen LogP contribution is -2.10. The molecule has 0 N–H and O–H groups in total. The van der Waals surface area contributed by atoms with E-state index in [2.05, 4.69) is 269 Å². The number of hydrogen-bond donors (Lipinski definition) is 0. The first-order valence-corrected chi connectivity index (χ1v) is 27.4. The van der Waals surface area contributed by atoms with E-state index < -0.39 is 0 Å². The van der Waals surface area contributed by atoms with Gasteiger partial charge in [-0.05, 0) is 194 Å². The molecule has 3 heteroatoms. The molecule has 0 spiro atoms. The first-order valence-electron chi connectivity index (χ1n) is 28.9. The highest BCUT2D eigenvalue weighted by molar-refractivity contribution is 5.89. The molecule has 0 heterocycles. The predicted octanol–water partition coefficient (Wildman–Crippen LogP) is 22.1. The average Bonchev–Trinajstić information content (AvgIpc) is 3.63. The van der Waals surface area contributed by atoms with Crippen LogP contribution in [0.1, 0.15) is 4.11 Å². The molecule has 0 atom stereocenters. The summed E-state index contributed by atoms with van der Waals surface area (Å²) in [5.41, 5.74) is 21.5. The van der Waals surface area contributed by atoms with Gasteiger partial charge in [0, 0.05) is 51.2 Å². The molecular weight excluding hydrogens is 979 g/mol. The maximum Gasteiger partial charge on any atom is 0.0623 e. The van der Waals surface area contributed by atoms with Gasteiger partial charge in [0.05, 0.1) is 4.11 Å². The summed E-state index contributed by atoms with van der Waals surface area (Å²) in [7, 11) is 0. The summed E-state index contributed by atoms with van der Waals surface area (Å²) in [4.78, 5) is 6.69. The minimum Gasteiger partial charge on any atom is -0.310 e. The van der Waals surface area contributed by atoms with E-state index in [1.54, 1.807) is 0 Å². The molecule has 0 saturated heterocycles. The average molecular weight is 1040 g/mol. The van der Waals surface area contributed by atoms with Crippen LogP contribution in [0.25, 0.3) is 66.8 Å². The van der Waals surface area contributed by atoms with Gasteiger partial charge in [-0.3, -0.25) is 0 Å². The van der Waals surface area contributed by atoms with Gasteiger partial charge in [-0.1, -0.05) is 218 Å². The van der Waals surface area contributed by atoms with Crippen LogP contribution in [-0.2, 0) is 0 Å². The van der Waals surface area contributed by atoms with Crippen LogP contribution in [0.2, 0.25) is 0 Å². The van der Waals surface area contributed by atoms with Crippen LogP contribution >= 0.6 is 0 Å². The minimum absolute atomic E-state index is 0.432. The Morgan fingerprint density at radius 3 is 0.642 bits per heavy atom. The van der Waals surface area contributed by atoms with E-state index in [1.165, 1.54) is 0 Å². The first kappa shape index (κ1) is 46.4. The van der Waals surface area contributed by atoms with Crippen molar-refractivity contribution < 1.29 is 4.11 Å². The van der Waals surface area contributed by atoms with Crippen molar-refractivity contribution in [3.8, 4) is 66.8 Å². The second-order valence-electron chi connectivity index (χ2n) is 20.0. The summed E-state index contributed by atoms with van der Waals surface area (Å²) in [6.07, 6.45) is 0. The SMILES string of the molecule is [3H]c1cccc(N(c2ccc(-c3ccccc3)cc2)c2cccc(-c3cc(-c4cccc(N(c5ccc(-c6ccccc6)cc5)c5cccc([3H])c5)c4)cc(-c4cccc(N(c5ccc(-c6ccccc6)cc5)c5cccc([3H])c5)c4)c3)c2)c1. The van der Waals surface area contributed by atoms with Crippen molar-refractivity contribution in [3.05, 3.63) is 346 Å². The molecule has 13 aromatic rings. The van der Waals surface area contributed by atoms with Crippen LogP contribution in [0, 0.1) is 0 Å². The predicted molar refractivity (Wildman–Crippen MR) is 343 cm³/mol. The maximum absolute atomic E-state index is 8.72. The molecule has 0 aliphatic heterocycles. The number of para-hydroxylation sites is 3. The van der Waals surface area contributed by atoms with E-state index >= 15 is 0 Å². The van der Waals surface area contributed by atoms with E-state index in [9.17, 15) is 0 Å². The van der Waals surface area contributed by atoms with Crippen LogP contribution in [0.3, 0.4) is 0 Å². The van der Waals surface area contributed by atoms with E-state index in [1.807, 2.05) is 72.8 Å². The third-order valence-corrected chi connectivity index (χ3v) is 14.8. The number of rotatable bonds is 15. The molecule has 0 aromatic heterocycles. The van der Waals surface area contributed by atoms with E-state index in [0.717, 1.165) is 118 Å². The van der Waals surface area contributed by atoms with Gasteiger partial charge in [0.2, 0.25) is 0 Å². The fourth-order valence-corrected chi connectivity index (χ4v) is 10.8. The fourth-order valence-electron chi connectivity index (χ4n) is 10.8. The van der Waals surface area contributed by atoms with Gasteiger partial charge in [-0.15, -0.1) is 0 Å². The number of benzene rings is 13. The van der Waals surface area contributed by atoms with Gasteiger partial charge < -0.3 is 14.7 Å². The zero-order valence-corrected chi connectivity index (χ0v) is 44.5. The molecule has 0 amide bonds. The standard InChI is InChI=1S/C78H57N3/c1-7-22-58(23-8-1)61-40-46-73(47-41-61)79(70-31-13-4-14-32-70)76-37-19-28-64(55-76)67-52-68(65-29-20-38-77(56-65)80(71-33-15-5-16-34-71)74-48-42-62(43-49-74)59-24-9-2-10-25-59)54-69(53-67)66-30-21-39-78(57-66)81(72-35-17-6-18-36-72)75-50-44-63(45-51-75)60-26-11-3-12-27-60/h1-57H/i13T,15T,17T. The number of anilines is 9. The number of hydrogen-bond acceptors (Lipinski definition) is 3. The lowest BCUT2D eigenvalue weighted by Gasteiger charge is -2.27. The Kier molecular flexibility index (Phi) is 13.2. The third kappa shape index (κ3) is 10.9. The largest absolute Gasteiger partial charge is 0.310 e. The van der Waals surface area contributed by atoms with E-state index in [0.29, 0.717) is 18.1 Å². The molecule has 0 aliphatic carbocycles. The Morgan fingerprint density at radius 1 is 0.148 bits per heavy atom. The molecule has 0 bridgehead atoms. The Morgan fingerprint density at radius 2 is 0.370 bits per heavy atom. The summed E-state index contributed by atoms with van der Waals surface area (Å²) in [6.45, 7) is 0. The highest BCUT2D eigenvalue weighted by Crippen LogP contribution is 2.43. The first-order chi connectivity index (χ1) is 41.3. The quantitative estimate of drug-likeness (QED) is 0.101. The summed E-state index contributed by atoms with van der Waals surface area (Å²) >= 11 is 0. The van der Waals surface area contributed by atoms with Gasteiger partial charge in [0.15, 0.2) is 0 Å². The lowest BCUT2D eigenvalue weighted by molar-refractivity contribution is 1.28. The molecule has 0 fully saturated rings. The van der Waals surface area contributed by atoms with Crippen molar-refractivity contribution in [2.75, 3.05) is 14.7 Å². The van der Waals surface area contributed by atoms with Crippen molar-refractivity contribution in [2.45, 2.75) is 0 Å². The normalized spacial score (nSPS) is 11.5. The number of nitrogens with zero attached hydrogens (tertiary/aromatic N) is 3. The fraction of sp³-hybridized carbons (Fsp3) is 0. The Balaban J connectivity index is 0.954. The molecule has 81 heavy (non-hydrogen) atoms. The van der Waals surface area contributed by atoms with Crippen LogP contribution in [0.5, 0.6) is 0 Å². The molecule has 384 valence electrons. The second-order valence-corrected chi connectivity index (χ2v) is 20.0. The van der Waals surface area contributed by atoms with Crippen LogP contribution in [-0.4, -0.2) is 0 Å². The molecule has 13 aromatic carbocycles. The van der Waals surface area contributed by atoms with Gasteiger partial charge in [0.1, 0.15) is 0 Å². The van der Waals surface area contributed by atoms with Gasteiger partial charge in [-0.2, -0.15) is 0 Å². The topological polar surface area (TPSA) is 9.72 Å². The summed E-state index contributed by atoms with van der Waals surface area (Å²) in [6, 6.07) is 115. The minimum atomic E-state index is 0.432. The monoisotopic (exact) mass is 1040 g/mol. The lowest BCUT2D eigenvalue weighted by atomic mass is 9.92. The molecule has 0 radical (unpaired) electrons.